The number of nitrogens with zero attached hydrogens (tertiary/aromatic N) is 2. The number of carbonyl (C=O) groups is 2. The first kappa shape index (κ1) is 17.3. The Morgan fingerprint density at radius 2 is 1.87 bits per heavy atom. The Bertz CT molecular complexity index is 569. The number of rotatable bonds is 7. The van der Waals surface area contributed by atoms with Crippen LogP contribution < -0.4 is 5.32 Å². The average molecular weight is 321 g/mol. The van der Waals surface area contributed by atoms with Crippen LogP contribution in [0.25, 0.3) is 0 Å². The molecule has 126 valence electrons. The van der Waals surface area contributed by atoms with Crippen LogP contribution in [0.2, 0.25) is 0 Å². The minimum Gasteiger partial charge on any atom is -0.476 e. The molecule has 1 heterocycles. The number of hydrogen-bond acceptors (Lipinski definition) is 5. The smallest absolute Gasteiger partial charge is 0.356 e. The number of hydrogen-bond donors (Lipinski definition) is 2. The first-order chi connectivity index (χ1) is 11.0. The normalized spacial score (nSPS) is 22.2. The van der Waals surface area contributed by atoms with Gasteiger partial charge in [-0.05, 0) is 26.2 Å². The van der Waals surface area contributed by atoms with Gasteiger partial charge in [0, 0.05) is 18.1 Å². The summed E-state index contributed by atoms with van der Waals surface area (Å²) < 4.78 is 5.79. The maximum absolute atomic E-state index is 12.3. The molecular formula is C16H23N3O4. The van der Waals surface area contributed by atoms with E-state index in [-0.39, 0.29) is 34.9 Å². The van der Waals surface area contributed by atoms with Gasteiger partial charge in [0.15, 0.2) is 5.69 Å². The molecule has 0 spiro atoms. The highest BCUT2D eigenvalue weighted by Gasteiger charge is 2.53. The van der Waals surface area contributed by atoms with Crippen LogP contribution in [0, 0.1) is 5.41 Å². The Labute approximate surface area is 135 Å². The Morgan fingerprint density at radius 3 is 2.35 bits per heavy atom. The van der Waals surface area contributed by atoms with Gasteiger partial charge in [0.25, 0.3) is 5.91 Å². The number of carboxylic acids is 1. The predicted octanol–water partition coefficient (Wildman–Crippen LogP) is 1.89. The van der Waals surface area contributed by atoms with E-state index in [9.17, 15) is 9.59 Å². The Morgan fingerprint density at radius 1 is 1.26 bits per heavy atom. The lowest BCUT2D eigenvalue weighted by Crippen LogP contribution is -2.64. The Kier molecular flexibility index (Phi) is 5.30. The number of aromatic nitrogens is 2. The molecule has 1 aliphatic carbocycles. The molecule has 2 atom stereocenters. The van der Waals surface area contributed by atoms with E-state index in [0.29, 0.717) is 6.61 Å². The van der Waals surface area contributed by atoms with E-state index in [4.69, 9.17) is 9.84 Å². The van der Waals surface area contributed by atoms with Gasteiger partial charge in [-0.1, -0.05) is 13.8 Å². The van der Waals surface area contributed by atoms with Gasteiger partial charge in [-0.2, -0.15) is 0 Å². The van der Waals surface area contributed by atoms with Crippen LogP contribution in [-0.2, 0) is 4.74 Å². The van der Waals surface area contributed by atoms with Crippen LogP contribution in [0.5, 0.6) is 0 Å². The predicted molar refractivity (Wildman–Crippen MR) is 83.3 cm³/mol. The van der Waals surface area contributed by atoms with Crippen molar-refractivity contribution >= 4 is 11.9 Å². The highest BCUT2D eigenvalue weighted by Crippen LogP contribution is 2.48. The molecule has 1 fully saturated rings. The van der Waals surface area contributed by atoms with Crippen molar-refractivity contribution in [2.45, 2.75) is 52.2 Å². The van der Waals surface area contributed by atoms with Crippen molar-refractivity contribution in [2.24, 2.45) is 5.41 Å². The molecule has 2 unspecified atom stereocenters. The van der Waals surface area contributed by atoms with Gasteiger partial charge < -0.3 is 15.2 Å². The molecule has 0 aromatic carbocycles. The van der Waals surface area contributed by atoms with E-state index in [0.717, 1.165) is 25.5 Å². The number of amides is 1. The molecule has 23 heavy (non-hydrogen) atoms. The second-order valence-corrected chi connectivity index (χ2v) is 5.74. The maximum atomic E-state index is 12.3. The molecule has 0 aliphatic heterocycles. The average Bonchev–Trinajstić information content (AvgIpc) is 2.55. The van der Waals surface area contributed by atoms with Gasteiger partial charge in [-0.3, -0.25) is 4.79 Å². The van der Waals surface area contributed by atoms with Crippen molar-refractivity contribution in [1.82, 2.24) is 15.3 Å². The van der Waals surface area contributed by atoms with Crippen molar-refractivity contribution in [3.05, 3.63) is 23.8 Å². The van der Waals surface area contributed by atoms with Gasteiger partial charge >= 0.3 is 5.97 Å². The van der Waals surface area contributed by atoms with Gasteiger partial charge in [-0.15, -0.1) is 0 Å². The van der Waals surface area contributed by atoms with Crippen LogP contribution >= 0.6 is 0 Å². The highest BCUT2D eigenvalue weighted by atomic mass is 16.5. The van der Waals surface area contributed by atoms with E-state index in [1.807, 2.05) is 6.92 Å². The van der Waals surface area contributed by atoms with Gasteiger partial charge in [0.2, 0.25) is 0 Å². The fourth-order valence-electron chi connectivity index (χ4n) is 3.37. The van der Waals surface area contributed by atoms with E-state index in [1.54, 1.807) is 0 Å². The number of carboxylic acid groups (broad SMARTS) is 1. The Hall–Kier alpha value is -2.02. The summed E-state index contributed by atoms with van der Waals surface area (Å²) in [5, 5.41) is 11.8. The van der Waals surface area contributed by atoms with Crippen molar-refractivity contribution in [3.8, 4) is 0 Å². The molecule has 0 radical (unpaired) electrons. The molecule has 1 saturated carbocycles. The summed E-state index contributed by atoms with van der Waals surface area (Å²) in [5.74, 6) is -1.50. The second-order valence-electron chi connectivity index (χ2n) is 5.74. The number of ether oxygens (including phenoxy) is 1. The van der Waals surface area contributed by atoms with Crippen molar-refractivity contribution < 1.29 is 19.4 Å². The molecule has 1 amide bonds. The molecule has 0 bridgehead atoms. The summed E-state index contributed by atoms with van der Waals surface area (Å²) in [6, 6.07) is 0.0301. The lowest BCUT2D eigenvalue weighted by atomic mass is 9.58. The van der Waals surface area contributed by atoms with E-state index < -0.39 is 5.97 Å². The topological polar surface area (TPSA) is 101 Å². The molecule has 7 nitrogen and oxygen atoms in total. The molecule has 7 heteroatoms. The van der Waals surface area contributed by atoms with Crippen LogP contribution in [0.1, 0.15) is 61.0 Å². The third-order valence-corrected chi connectivity index (χ3v) is 4.88. The van der Waals surface area contributed by atoms with Crippen LogP contribution in [0.4, 0.5) is 0 Å². The minimum absolute atomic E-state index is 0.0301. The van der Waals surface area contributed by atoms with Crippen molar-refractivity contribution in [3.63, 3.8) is 0 Å². The summed E-state index contributed by atoms with van der Waals surface area (Å²) in [6.07, 6.45) is 5.06. The van der Waals surface area contributed by atoms with Crippen LogP contribution in [-0.4, -0.2) is 45.7 Å². The SMILES string of the molecule is CCOC1CC(NC(=O)c2cnc(C(=O)O)cn2)C1(CC)CC. The lowest BCUT2D eigenvalue weighted by molar-refractivity contribution is -0.134. The third kappa shape index (κ3) is 3.19. The molecular weight excluding hydrogens is 298 g/mol. The first-order valence-electron chi connectivity index (χ1n) is 7.96. The number of aromatic carboxylic acids is 1. The monoisotopic (exact) mass is 321 g/mol. The standard InChI is InChI=1S/C16H23N3O4/c1-4-16(5-2)12(7-13(16)23-6-3)19-14(20)10-8-18-11(9-17-10)15(21)22/h8-9,12-13H,4-7H2,1-3H3,(H,19,20)(H,21,22). The summed E-state index contributed by atoms with van der Waals surface area (Å²) >= 11 is 0. The first-order valence-corrected chi connectivity index (χ1v) is 7.96. The third-order valence-electron chi connectivity index (χ3n) is 4.88. The summed E-state index contributed by atoms with van der Waals surface area (Å²) in [6.45, 7) is 6.85. The molecule has 2 rings (SSSR count). The lowest BCUT2D eigenvalue weighted by Gasteiger charge is -2.55. The largest absolute Gasteiger partial charge is 0.476 e. The molecule has 0 saturated heterocycles. The van der Waals surface area contributed by atoms with Crippen LogP contribution in [0.15, 0.2) is 12.4 Å². The summed E-state index contributed by atoms with van der Waals surface area (Å²) in [4.78, 5) is 30.7. The molecule has 2 N–H and O–H groups in total. The zero-order chi connectivity index (χ0) is 17.0. The van der Waals surface area contributed by atoms with Gasteiger partial charge in [-0.25, -0.2) is 14.8 Å². The molecule has 1 aromatic heterocycles. The zero-order valence-corrected chi connectivity index (χ0v) is 13.7. The number of carbonyl (C=O) groups excluding carboxylic acids is 1. The summed E-state index contributed by atoms with van der Waals surface area (Å²) in [7, 11) is 0. The van der Waals surface area contributed by atoms with Crippen molar-refractivity contribution in [2.75, 3.05) is 6.61 Å². The van der Waals surface area contributed by atoms with Gasteiger partial charge in [0.1, 0.15) is 5.69 Å². The highest BCUT2D eigenvalue weighted by molar-refractivity contribution is 5.93. The minimum atomic E-state index is -1.17. The Balaban J connectivity index is 2.06. The maximum Gasteiger partial charge on any atom is 0.356 e. The van der Waals surface area contributed by atoms with E-state index in [1.165, 1.54) is 6.20 Å². The molecule has 1 aliphatic rings. The number of nitrogens with one attached hydrogen (secondary N) is 1. The summed E-state index contributed by atoms with van der Waals surface area (Å²) in [5.41, 5.74) is -0.117. The van der Waals surface area contributed by atoms with E-state index in [2.05, 4.69) is 29.1 Å². The van der Waals surface area contributed by atoms with Crippen LogP contribution in [0.3, 0.4) is 0 Å². The quantitative estimate of drug-likeness (QED) is 0.795. The fraction of sp³-hybridized carbons (Fsp3) is 0.625. The van der Waals surface area contributed by atoms with E-state index >= 15 is 0 Å². The fourth-order valence-corrected chi connectivity index (χ4v) is 3.37. The molecule has 1 aromatic rings. The second kappa shape index (κ2) is 7.04. The van der Waals surface area contributed by atoms with Gasteiger partial charge in [0.05, 0.1) is 18.5 Å². The zero-order valence-electron chi connectivity index (χ0n) is 13.7. The van der Waals surface area contributed by atoms with Crippen molar-refractivity contribution in [1.29, 1.82) is 0 Å².